The summed E-state index contributed by atoms with van der Waals surface area (Å²) in [6.07, 6.45) is -16.4. The summed E-state index contributed by atoms with van der Waals surface area (Å²) in [4.78, 5) is 12.7. The smallest absolute Gasteiger partial charge is 0.246 e. The topological polar surface area (TPSA) is 361 Å². The quantitative estimate of drug-likeness (QED) is 0.0567. The summed E-state index contributed by atoms with van der Waals surface area (Å²) < 4.78 is 23.4. The monoisotopic (exact) mass is 671 g/mol. The molecule has 3 rings (SSSR count). The van der Waals surface area contributed by atoms with Gasteiger partial charge >= 0.3 is 0 Å². The van der Waals surface area contributed by atoms with E-state index in [0.29, 0.717) is 11.5 Å². The van der Waals surface area contributed by atoms with Crippen molar-refractivity contribution in [2.24, 2.45) is 34.6 Å². The number of carbonyl (C=O) groups is 1. The Hall–Kier alpha value is -1.25. The molecule has 16 atom stereocenters. The number of hydrogen-bond acceptors (Lipinski definition) is 19. The maximum atomic E-state index is 12.7. The normalized spacial score (nSPS) is 42.5. The van der Waals surface area contributed by atoms with Crippen LogP contribution in [0.2, 0.25) is 0 Å². The fourth-order valence-electron chi connectivity index (χ4n) is 5.95. The van der Waals surface area contributed by atoms with Gasteiger partial charge in [-0.15, -0.1) is 0 Å². The van der Waals surface area contributed by atoms with Crippen LogP contribution < -0.4 is 34.0 Å². The summed E-state index contributed by atoms with van der Waals surface area (Å²) in [6.45, 7) is -0.474. The van der Waals surface area contributed by atoms with Crippen LogP contribution >= 0.6 is 0 Å². The van der Waals surface area contributed by atoms with E-state index >= 15 is 0 Å². The molecular formula is C26H53N7O13. The first-order chi connectivity index (χ1) is 21.7. The lowest BCUT2D eigenvalue weighted by Gasteiger charge is -2.49. The van der Waals surface area contributed by atoms with Crippen LogP contribution in [-0.4, -0.2) is 183 Å². The molecule has 0 aromatic heterocycles. The molecule has 0 radical (unpaired) electrons. The molecular weight excluding hydrogens is 618 g/mol. The van der Waals surface area contributed by atoms with Gasteiger partial charge in [-0.05, 0) is 25.3 Å². The van der Waals surface area contributed by atoms with E-state index in [4.69, 9.17) is 47.6 Å². The van der Waals surface area contributed by atoms with Gasteiger partial charge in [0.2, 0.25) is 5.91 Å². The average Bonchev–Trinajstić information content (AvgIpc) is 3.01. The van der Waals surface area contributed by atoms with Crippen LogP contribution in [0.5, 0.6) is 0 Å². The largest absolute Gasteiger partial charge is 0.394 e. The summed E-state index contributed by atoms with van der Waals surface area (Å²) >= 11 is 0. The van der Waals surface area contributed by atoms with Crippen molar-refractivity contribution in [3.8, 4) is 0 Å². The van der Waals surface area contributed by atoms with Gasteiger partial charge in [0.05, 0.1) is 37.4 Å². The second-order valence-corrected chi connectivity index (χ2v) is 12.1. The summed E-state index contributed by atoms with van der Waals surface area (Å²) in [7, 11) is 0. The van der Waals surface area contributed by atoms with Crippen LogP contribution in [0.15, 0.2) is 0 Å². The van der Waals surface area contributed by atoms with E-state index in [-0.39, 0.29) is 45.6 Å². The fraction of sp³-hybridized carbons (Fsp3) is 0.962. The van der Waals surface area contributed by atoms with E-state index in [2.05, 4.69) is 5.32 Å². The zero-order valence-electron chi connectivity index (χ0n) is 25.6. The van der Waals surface area contributed by atoms with E-state index in [9.17, 15) is 45.7 Å². The number of ether oxygens (including phenoxy) is 4. The highest BCUT2D eigenvalue weighted by atomic mass is 16.7. The lowest BCUT2D eigenvalue weighted by Crippen LogP contribution is -2.68. The Morgan fingerprint density at radius 2 is 1.52 bits per heavy atom. The number of hydroxylamine groups is 2. The zero-order chi connectivity index (χ0) is 34.3. The lowest BCUT2D eigenvalue weighted by atomic mass is 9.77. The van der Waals surface area contributed by atoms with Crippen molar-refractivity contribution in [2.45, 2.75) is 111 Å². The van der Waals surface area contributed by atoms with Crippen LogP contribution in [0.3, 0.4) is 0 Å². The summed E-state index contributed by atoms with van der Waals surface area (Å²) in [5.74, 6) is -1.64. The number of nitrogens with two attached hydrogens (primary N) is 5. The maximum absolute atomic E-state index is 12.7. The van der Waals surface area contributed by atoms with Crippen molar-refractivity contribution in [2.75, 3.05) is 39.3 Å². The van der Waals surface area contributed by atoms with Crippen molar-refractivity contribution < 1.29 is 64.7 Å². The minimum atomic E-state index is -1.66. The molecule has 1 aliphatic carbocycles. The highest BCUT2D eigenvalue weighted by molar-refractivity contribution is 5.75. The molecule has 3 aliphatic rings. The molecule has 20 nitrogen and oxygen atoms in total. The summed E-state index contributed by atoms with van der Waals surface area (Å²) in [5.41, 5.74) is 29.3. The molecule has 2 heterocycles. The molecule has 0 bridgehead atoms. The first-order valence-corrected chi connectivity index (χ1v) is 15.4. The average molecular weight is 672 g/mol. The van der Waals surface area contributed by atoms with Gasteiger partial charge in [0.1, 0.15) is 48.8 Å². The SMILES string of the molecule is NCCC(O)CNC[C@H]1O[C@H](OC2[C@@H](N)C[C@@H](CC(=O)N(O)CCN)[C@H](O[C@H]3O[C@H](CO)[C@@H](O)[C@H](N)[C@H]3O)[C@H]2O)[C@H](N)[C@@H](O)[C@@H]1O. The third-order valence-electron chi connectivity index (χ3n) is 8.69. The highest BCUT2D eigenvalue weighted by Gasteiger charge is 2.52. The first kappa shape index (κ1) is 39.2. The minimum Gasteiger partial charge on any atom is -0.394 e. The van der Waals surface area contributed by atoms with Crippen LogP contribution in [0, 0.1) is 5.92 Å². The van der Waals surface area contributed by atoms with E-state index in [1.807, 2.05) is 0 Å². The number of carbonyl (C=O) groups excluding carboxylic acids is 1. The number of aliphatic hydroxyl groups excluding tert-OH is 7. The summed E-state index contributed by atoms with van der Waals surface area (Å²) in [5, 5.41) is 86.7. The number of nitrogens with zero attached hydrogens (tertiary/aromatic N) is 1. The molecule has 46 heavy (non-hydrogen) atoms. The molecule has 2 unspecified atom stereocenters. The van der Waals surface area contributed by atoms with Crippen LogP contribution in [0.4, 0.5) is 0 Å². The molecule has 0 spiro atoms. The first-order valence-electron chi connectivity index (χ1n) is 15.4. The maximum Gasteiger partial charge on any atom is 0.246 e. The van der Waals surface area contributed by atoms with Gasteiger partial charge in [0.15, 0.2) is 12.6 Å². The van der Waals surface area contributed by atoms with E-state index in [1.165, 1.54) is 0 Å². The zero-order valence-corrected chi connectivity index (χ0v) is 25.6. The molecule has 1 amide bonds. The Morgan fingerprint density at radius 3 is 2.15 bits per heavy atom. The summed E-state index contributed by atoms with van der Waals surface area (Å²) in [6, 6.07) is -3.57. The Kier molecular flexibility index (Phi) is 15.3. The molecule has 270 valence electrons. The molecule has 20 heteroatoms. The van der Waals surface area contributed by atoms with Gasteiger partial charge in [-0.2, -0.15) is 0 Å². The molecule has 1 saturated carbocycles. The van der Waals surface area contributed by atoms with Crippen molar-refractivity contribution in [3.05, 3.63) is 0 Å². The number of hydrogen-bond donors (Lipinski definition) is 14. The Balaban J connectivity index is 1.80. The predicted octanol–water partition coefficient (Wildman–Crippen LogP) is -8.13. The number of aliphatic hydroxyl groups is 7. The third-order valence-corrected chi connectivity index (χ3v) is 8.69. The van der Waals surface area contributed by atoms with Crippen molar-refractivity contribution in [1.29, 1.82) is 0 Å². The van der Waals surface area contributed by atoms with Crippen molar-refractivity contribution in [3.63, 3.8) is 0 Å². The van der Waals surface area contributed by atoms with Crippen molar-refractivity contribution in [1.82, 2.24) is 10.4 Å². The van der Waals surface area contributed by atoms with Gasteiger partial charge in [0.25, 0.3) is 0 Å². The van der Waals surface area contributed by atoms with Gasteiger partial charge < -0.3 is 88.7 Å². The molecule has 3 fully saturated rings. The number of amides is 1. The molecule has 2 saturated heterocycles. The van der Waals surface area contributed by atoms with Gasteiger partial charge in [-0.25, -0.2) is 5.06 Å². The second-order valence-electron chi connectivity index (χ2n) is 12.1. The Morgan fingerprint density at radius 1 is 0.870 bits per heavy atom. The molecule has 0 aromatic carbocycles. The van der Waals surface area contributed by atoms with Crippen LogP contribution in [-0.2, 0) is 23.7 Å². The predicted molar refractivity (Wildman–Crippen MR) is 156 cm³/mol. The van der Waals surface area contributed by atoms with Gasteiger partial charge in [-0.3, -0.25) is 10.0 Å². The molecule has 0 aromatic rings. The Labute approximate surface area is 266 Å². The highest BCUT2D eigenvalue weighted by Crippen LogP contribution is 2.36. The van der Waals surface area contributed by atoms with E-state index in [0.717, 1.165) is 0 Å². The fourth-order valence-corrected chi connectivity index (χ4v) is 5.95. The standard InChI is InChI=1S/C26H53N7O13/c27-2-1-11(35)7-32-8-13-19(38)20(39)17(31)25(43-13)46-24-12(29)5-10(6-15(36)33(42)4-3-28)23(22(24)41)45-26-21(40)16(30)18(37)14(9-34)44-26/h10-14,16-26,32,34-35,37-42H,1-9,27-31H2/t10-,11?,12-,13+,14+,16-,17+,18+,19+,20+,21+,22+,23-,24?,25+,26+/m0/s1. The van der Waals surface area contributed by atoms with Crippen LogP contribution in [0.25, 0.3) is 0 Å². The Bertz CT molecular complexity index is 931. The van der Waals surface area contributed by atoms with Gasteiger partial charge in [0, 0.05) is 32.1 Å². The third kappa shape index (κ3) is 9.46. The van der Waals surface area contributed by atoms with Gasteiger partial charge in [-0.1, -0.05) is 0 Å². The molecule has 2 aliphatic heterocycles. The number of nitrogens with one attached hydrogen (secondary N) is 1. The molecule has 19 N–H and O–H groups in total. The minimum absolute atomic E-state index is 0.0167. The van der Waals surface area contributed by atoms with E-state index in [1.54, 1.807) is 0 Å². The van der Waals surface area contributed by atoms with Crippen molar-refractivity contribution >= 4 is 5.91 Å². The lowest BCUT2D eigenvalue weighted by molar-refractivity contribution is -0.323. The second kappa shape index (κ2) is 17.9. The van der Waals surface area contributed by atoms with Crippen LogP contribution in [0.1, 0.15) is 19.3 Å². The van der Waals surface area contributed by atoms with E-state index < -0.39 is 110 Å². The number of rotatable bonds is 15.